The number of hydrogen-bond donors (Lipinski definition) is 3. The van der Waals surface area contributed by atoms with E-state index in [0.717, 1.165) is 12.1 Å². The number of anilines is 2. The molecule has 0 aliphatic carbocycles. The van der Waals surface area contributed by atoms with E-state index in [0.29, 0.717) is 16.3 Å². The molecule has 1 heterocycles. The number of nitrogens with zero attached hydrogens (tertiary/aromatic N) is 1. The second kappa shape index (κ2) is 8.54. The lowest BCUT2D eigenvalue weighted by atomic mass is 10.3. The highest BCUT2D eigenvalue weighted by atomic mass is 19.4. The van der Waals surface area contributed by atoms with E-state index >= 15 is 0 Å². The largest absolute Gasteiger partial charge is 0.573 e. The molecule has 27 heavy (non-hydrogen) atoms. The van der Waals surface area contributed by atoms with Gasteiger partial charge in [0.2, 0.25) is 0 Å². The van der Waals surface area contributed by atoms with Gasteiger partial charge in [0.05, 0.1) is 7.05 Å². The molecule has 2 amide bonds. The maximum absolute atomic E-state index is 12.1. The van der Waals surface area contributed by atoms with E-state index in [1.54, 1.807) is 20.0 Å². The summed E-state index contributed by atoms with van der Waals surface area (Å²) in [7, 11) is 1.65. The number of aryl methyl sites for hydroxylation is 1. The standard InChI is InChI=1S/C16H17F3N4O4/c1-10-7-13(22-27-10)21-15(25)9-23(2)8-14(24)20-11-3-5-12(6-4-11)26-16(17,18)19/h3-7H,8-9H2,1-2H3,(H,20,24)(H,21,22,25)/p+1. The number of alkyl halides is 3. The minimum Gasteiger partial charge on any atom is -0.406 e. The van der Waals surface area contributed by atoms with Crippen LogP contribution in [-0.4, -0.2) is 43.5 Å². The van der Waals surface area contributed by atoms with Crippen molar-refractivity contribution in [2.45, 2.75) is 13.3 Å². The number of amides is 2. The summed E-state index contributed by atoms with van der Waals surface area (Å²) >= 11 is 0. The predicted molar refractivity (Wildman–Crippen MR) is 88.2 cm³/mol. The first kappa shape index (κ1) is 20.2. The van der Waals surface area contributed by atoms with Crippen molar-refractivity contribution < 1.29 is 36.9 Å². The van der Waals surface area contributed by atoms with Gasteiger partial charge in [0, 0.05) is 11.8 Å². The average molecular weight is 387 g/mol. The molecular formula is C16H18F3N4O4+. The lowest BCUT2D eigenvalue weighted by Crippen LogP contribution is -3.11. The van der Waals surface area contributed by atoms with E-state index in [9.17, 15) is 22.8 Å². The molecule has 1 aromatic heterocycles. The summed E-state index contributed by atoms with van der Waals surface area (Å²) in [6.45, 7) is 1.68. The summed E-state index contributed by atoms with van der Waals surface area (Å²) in [6, 6.07) is 6.31. The molecule has 0 spiro atoms. The number of likely N-dealkylation sites (N-methyl/N-ethyl adjacent to an activating group) is 1. The molecule has 1 atom stereocenters. The third-order valence-corrected chi connectivity index (χ3v) is 3.19. The normalized spacial score (nSPS) is 12.3. The molecule has 1 unspecified atom stereocenters. The van der Waals surface area contributed by atoms with Crippen LogP contribution in [0.15, 0.2) is 34.9 Å². The Morgan fingerprint density at radius 3 is 2.26 bits per heavy atom. The van der Waals surface area contributed by atoms with Crippen LogP contribution in [0.1, 0.15) is 5.76 Å². The van der Waals surface area contributed by atoms with Crippen molar-refractivity contribution in [3.05, 3.63) is 36.1 Å². The Morgan fingerprint density at radius 2 is 1.74 bits per heavy atom. The fourth-order valence-corrected chi connectivity index (χ4v) is 2.17. The van der Waals surface area contributed by atoms with Crippen LogP contribution in [0, 0.1) is 6.92 Å². The molecule has 3 N–H and O–H groups in total. The molecule has 0 fully saturated rings. The van der Waals surface area contributed by atoms with Crippen LogP contribution in [0.3, 0.4) is 0 Å². The van der Waals surface area contributed by atoms with Gasteiger partial charge in [-0.1, -0.05) is 5.16 Å². The SMILES string of the molecule is Cc1cc(NC(=O)C[NH+](C)CC(=O)Nc2ccc(OC(F)(F)F)cc2)no1. The van der Waals surface area contributed by atoms with Crippen LogP contribution in [0.5, 0.6) is 5.75 Å². The highest BCUT2D eigenvalue weighted by Gasteiger charge is 2.31. The smallest absolute Gasteiger partial charge is 0.406 e. The first-order valence-electron chi connectivity index (χ1n) is 7.81. The molecule has 0 saturated heterocycles. The number of carbonyl (C=O) groups excluding carboxylic acids is 2. The summed E-state index contributed by atoms with van der Waals surface area (Å²) in [6.07, 6.45) is -4.78. The van der Waals surface area contributed by atoms with Gasteiger partial charge in [0.15, 0.2) is 18.9 Å². The first-order valence-corrected chi connectivity index (χ1v) is 7.81. The van der Waals surface area contributed by atoms with Gasteiger partial charge >= 0.3 is 6.36 Å². The second-order valence-electron chi connectivity index (χ2n) is 5.80. The van der Waals surface area contributed by atoms with Crippen LogP contribution in [0.2, 0.25) is 0 Å². The van der Waals surface area contributed by atoms with Gasteiger partial charge in [-0.15, -0.1) is 13.2 Å². The third-order valence-electron chi connectivity index (χ3n) is 3.19. The van der Waals surface area contributed by atoms with Crippen LogP contribution >= 0.6 is 0 Å². The van der Waals surface area contributed by atoms with Gasteiger partial charge in [0.25, 0.3) is 11.8 Å². The molecule has 2 rings (SSSR count). The summed E-state index contributed by atoms with van der Waals surface area (Å²) in [4.78, 5) is 24.4. The molecule has 2 aromatic rings. The van der Waals surface area contributed by atoms with Crippen molar-refractivity contribution in [1.82, 2.24) is 5.16 Å². The van der Waals surface area contributed by atoms with E-state index in [1.165, 1.54) is 12.1 Å². The minimum absolute atomic E-state index is 0.0116. The molecule has 0 bridgehead atoms. The van der Waals surface area contributed by atoms with Crippen LogP contribution in [-0.2, 0) is 9.59 Å². The lowest BCUT2D eigenvalue weighted by molar-refractivity contribution is -0.862. The average Bonchev–Trinajstić information content (AvgIpc) is 2.92. The third kappa shape index (κ3) is 7.36. The van der Waals surface area contributed by atoms with Gasteiger partial charge in [-0.2, -0.15) is 0 Å². The number of aromatic nitrogens is 1. The summed E-state index contributed by atoms with van der Waals surface area (Å²) < 4.78 is 44.9. The Bertz CT molecular complexity index is 790. The highest BCUT2D eigenvalue weighted by Crippen LogP contribution is 2.23. The molecule has 1 aromatic carbocycles. The molecule has 0 radical (unpaired) electrons. The zero-order valence-corrected chi connectivity index (χ0v) is 14.5. The zero-order valence-electron chi connectivity index (χ0n) is 14.5. The number of quaternary nitrogens is 1. The van der Waals surface area contributed by atoms with Crippen LogP contribution in [0.25, 0.3) is 0 Å². The fraction of sp³-hybridized carbons (Fsp3) is 0.312. The molecule has 0 aliphatic heterocycles. The van der Waals surface area contributed by atoms with Gasteiger partial charge in [0.1, 0.15) is 11.5 Å². The first-order chi connectivity index (χ1) is 12.6. The second-order valence-corrected chi connectivity index (χ2v) is 5.80. The Kier molecular flexibility index (Phi) is 6.40. The van der Waals surface area contributed by atoms with Crippen LogP contribution in [0.4, 0.5) is 24.7 Å². The van der Waals surface area contributed by atoms with Gasteiger partial charge in [-0.05, 0) is 31.2 Å². The number of halogens is 3. The number of ether oxygens (including phenoxy) is 1. The van der Waals surface area contributed by atoms with Crippen molar-refractivity contribution >= 4 is 23.3 Å². The van der Waals surface area contributed by atoms with Gasteiger partial charge in [-0.25, -0.2) is 0 Å². The quantitative estimate of drug-likeness (QED) is 0.658. The van der Waals surface area contributed by atoms with Gasteiger partial charge in [-0.3, -0.25) is 9.59 Å². The van der Waals surface area contributed by atoms with Crippen molar-refractivity contribution in [2.24, 2.45) is 0 Å². The number of carbonyl (C=O) groups is 2. The molecule has 146 valence electrons. The molecule has 11 heteroatoms. The summed E-state index contributed by atoms with van der Waals surface area (Å²) in [5, 5.41) is 8.71. The maximum Gasteiger partial charge on any atom is 0.573 e. The molecular weight excluding hydrogens is 369 g/mol. The van der Waals surface area contributed by atoms with E-state index in [1.807, 2.05) is 0 Å². The number of hydrogen-bond acceptors (Lipinski definition) is 5. The Balaban J connectivity index is 1.78. The van der Waals surface area contributed by atoms with E-state index in [4.69, 9.17) is 4.52 Å². The van der Waals surface area contributed by atoms with Gasteiger partial charge < -0.3 is 24.8 Å². The summed E-state index contributed by atoms with van der Waals surface area (Å²) in [5.74, 6) is -0.291. The Morgan fingerprint density at radius 1 is 1.15 bits per heavy atom. The van der Waals surface area contributed by atoms with Crippen molar-refractivity contribution in [2.75, 3.05) is 30.8 Å². The van der Waals surface area contributed by atoms with E-state index in [2.05, 4.69) is 20.5 Å². The minimum atomic E-state index is -4.78. The van der Waals surface area contributed by atoms with Crippen molar-refractivity contribution in [1.29, 1.82) is 0 Å². The topological polar surface area (TPSA) is 97.9 Å². The lowest BCUT2D eigenvalue weighted by Gasteiger charge is -2.13. The fourth-order valence-electron chi connectivity index (χ4n) is 2.17. The van der Waals surface area contributed by atoms with Crippen molar-refractivity contribution in [3.63, 3.8) is 0 Å². The molecule has 8 nitrogen and oxygen atoms in total. The van der Waals surface area contributed by atoms with Crippen LogP contribution < -0.4 is 20.3 Å². The monoisotopic (exact) mass is 387 g/mol. The number of nitrogens with one attached hydrogen (secondary N) is 3. The highest BCUT2D eigenvalue weighted by molar-refractivity contribution is 5.92. The maximum atomic E-state index is 12.1. The van der Waals surface area contributed by atoms with Crippen molar-refractivity contribution in [3.8, 4) is 5.75 Å². The zero-order chi connectivity index (χ0) is 20.0. The Labute approximate surface area is 152 Å². The molecule has 0 aliphatic rings. The van der Waals surface area contributed by atoms with E-state index < -0.39 is 12.3 Å². The Hall–Kier alpha value is -3.08. The van der Waals surface area contributed by atoms with E-state index in [-0.39, 0.29) is 30.6 Å². The predicted octanol–water partition coefficient (Wildman–Crippen LogP) is 0.974. The number of benzene rings is 1. The number of rotatable bonds is 7. The summed E-state index contributed by atoms with van der Waals surface area (Å²) in [5.41, 5.74) is 0.310. The molecule has 0 saturated carbocycles.